The van der Waals surface area contributed by atoms with Crippen LogP contribution in [-0.2, 0) is 6.42 Å². The fourth-order valence-corrected chi connectivity index (χ4v) is 5.12. The first kappa shape index (κ1) is 25.5. The van der Waals surface area contributed by atoms with Gasteiger partial charge in [0.05, 0.1) is 42.5 Å². The van der Waals surface area contributed by atoms with Crippen molar-refractivity contribution in [3.63, 3.8) is 0 Å². The second-order valence-corrected chi connectivity index (χ2v) is 9.85. The van der Waals surface area contributed by atoms with E-state index in [9.17, 15) is 10.1 Å². The van der Waals surface area contributed by atoms with E-state index < -0.39 is 0 Å². The van der Waals surface area contributed by atoms with Crippen molar-refractivity contribution in [1.29, 1.82) is 10.5 Å². The molecule has 8 nitrogen and oxygen atoms in total. The molecule has 190 valence electrons. The Labute approximate surface area is 229 Å². The van der Waals surface area contributed by atoms with E-state index in [0.29, 0.717) is 49.9 Å². The highest BCUT2D eigenvalue weighted by molar-refractivity contribution is 7.22. The summed E-state index contributed by atoms with van der Waals surface area (Å²) in [6.45, 7) is 3.82. The van der Waals surface area contributed by atoms with Gasteiger partial charge in [0.25, 0.3) is 5.91 Å². The predicted molar refractivity (Wildman–Crippen MR) is 151 cm³/mol. The number of amides is 1. The molecule has 0 saturated heterocycles. The molecule has 2 aromatic carbocycles. The maximum Gasteiger partial charge on any atom is 0.259 e. The zero-order valence-corrected chi connectivity index (χ0v) is 22.3. The number of pyridine rings is 2. The fourth-order valence-electron chi connectivity index (χ4n) is 4.29. The second-order valence-electron chi connectivity index (χ2n) is 8.87. The quantitative estimate of drug-likeness (QED) is 0.276. The lowest BCUT2D eigenvalue weighted by molar-refractivity contribution is 0.102. The average Bonchev–Trinajstić information content (AvgIpc) is 3.35. The highest BCUT2D eigenvalue weighted by Gasteiger charge is 2.19. The summed E-state index contributed by atoms with van der Waals surface area (Å²) in [5.41, 5.74) is 7.15. The van der Waals surface area contributed by atoms with Crippen molar-refractivity contribution in [1.82, 2.24) is 15.0 Å². The average molecular weight is 531 g/mol. The minimum Gasteiger partial charge on any atom is -0.496 e. The van der Waals surface area contributed by atoms with Crippen LogP contribution in [0.4, 0.5) is 5.13 Å². The summed E-state index contributed by atoms with van der Waals surface area (Å²) in [4.78, 5) is 27.8. The molecule has 0 aliphatic heterocycles. The van der Waals surface area contributed by atoms with E-state index >= 15 is 0 Å². The third-order valence-electron chi connectivity index (χ3n) is 6.29. The Morgan fingerprint density at radius 1 is 1.03 bits per heavy atom. The maximum absolute atomic E-state index is 13.4. The lowest BCUT2D eigenvalue weighted by Crippen LogP contribution is -2.14. The standard InChI is InChI=1S/C30H22N6O2S/c1-17-12-21(6-5-20(17)10-11-31)25-7-8-26-29(34-25)39-30(35-26)36-28(37)24-16-33-18(2)13-22(24)23-14-19(15-32)4-9-27(23)38-3/h4-9,12-14,16H,10H2,1-3H3,(H,35,36,37). The number of thiazole rings is 1. The number of nitrogens with zero attached hydrogens (tertiary/aromatic N) is 5. The highest BCUT2D eigenvalue weighted by atomic mass is 32.1. The number of hydrogen-bond acceptors (Lipinski definition) is 8. The molecule has 0 spiro atoms. The van der Waals surface area contributed by atoms with Crippen LogP contribution in [0.15, 0.2) is 60.8 Å². The Morgan fingerprint density at radius 3 is 2.62 bits per heavy atom. The Morgan fingerprint density at radius 2 is 1.87 bits per heavy atom. The van der Waals surface area contributed by atoms with Gasteiger partial charge >= 0.3 is 0 Å². The topological polar surface area (TPSA) is 125 Å². The highest BCUT2D eigenvalue weighted by Crippen LogP contribution is 2.35. The first-order valence-electron chi connectivity index (χ1n) is 12.0. The van der Waals surface area contributed by atoms with Crippen LogP contribution in [0.5, 0.6) is 5.75 Å². The Kier molecular flexibility index (Phi) is 7.00. The molecule has 1 N–H and O–H groups in total. The number of nitrogens with one attached hydrogen (secondary N) is 1. The molecule has 3 aromatic heterocycles. The minimum atomic E-state index is -0.384. The van der Waals surface area contributed by atoms with Crippen molar-refractivity contribution in [3.05, 3.63) is 88.7 Å². The third kappa shape index (κ3) is 5.17. The van der Waals surface area contributed by atoms with Crippen LogP contribution >= 0.6 is 11.3 Å². The van der Waals surface area contributed by atoms with Gasteiger partial charge in [-0.05, 0) is 67.4 Å². The van der Waals surface area contributed by atoms with Gasteiger partial charge in [0.1, 0.15) is 16.1 Å². The molecule has 0 unspecified atom stereocenters. The number of methoxy groups -OCH3 is 1. The van der Waals surface area contributed by atoms with E-state index in [1.165, 1.54) is 17.5 Å². The van der Waals surface area contributed by atoms with Crippen molar-refractivity contribution < 1.29 is 9.53 Å². The molecule has 0 bridgehead atoms. The molecule has 0 aliphatic carbocycles. The number of aromatic nitrogens is 3. The van der Waals surface area contributed by atoms with Gasteiger partial charge in [0, 0.05) is 28.6 Å². The van der Waals surface area contributed by atoms with E-state index in [1.807, 2.05) is 44.2 Å². The zero-order valence-electron chi connectivity index (χ0n) is 21.4. The molecule has 0 atom stereocenters. The maximum atomic E-state index is 13.4. The lowest BCUT2D eigenvalue weighted by atomic mass is 9.97. The van der Waals surface area contributed by atoms with Crippen LogP contribution in [-0.4, -0.2) is 28.0 Å². The summed E-state index contributed by atoms with van der Waals surface area (Å²) in [6, 6.07) is 20.9. The number of nitriles is 2. The summed E-state index contributed by atoms with van der Waals surface area (Å²) in [6.07, 6.45) is 1.88. The number of carbonyl (C=O) groups excluding carboxylic acids is 1. The normalized spacial score (nSPS) is 10.6. The van der Waals surface area contributed by atoms with Gasteiger partial charge in [-0.2, -0.15) is 10.5 Å². The van der Waals surface area contributed by atoms with Gasteiger partial charge in [-0.15, -0.1) is 0 Å². The van der Waals surface area contributed by atoms with Crippen molar-refractivity contribution in [3.8, 4) is 40.3 Å². The van der Waals surface area contributed by atoms with Crippen LogP contribution < -0.4 is 10.1 Å². The van der Waals surface area contributed by atoms with Crippen molar-refractivity contribution in [2.24, 2.45) is 0 Å². The Bertz CT molecular complexity index is 1830. The lowest BCUT2D eigenvalue weighted by Gasteiger charge is -2.13. The molecule has 0 fully saturated rings. The minimum absolute atomic E-state index is 0.329. The summed E-state index contributed by atoms with van der Waals surface area (Å²) < 4.78 is 5.51. The van der Waals surface area contributed by atoms with E-state index in [2.05, 4.69) is 27.4 Å². The molecule has 3 heterocycles. The zero-order chi connectivity index (χ0) is 27.5. The van der Waals surface area contributed by atoms with Crippen LogP contribution in [0.25, 0.3) is 32.7 Å². The molecule has 0 aliphatic rings. The molecule has 0 saturated carbocycles. The molecule has 5 aromatic rings. The van der Waals surface area contributed by atoms with E-state index in [0.717, 1.165) is 28.1 Å². The van der Waals surface area contributed by atoms with Crippen molar-refractivity contribution >= 4 is 32.7 Å². The number of anilines is 1. The SMILES string of the molecule is COc1ccc(C#N)cc1-c1cc(C)ncc1C(=O)Nc1nc2ccc(-c3ccc(CC#N)c(C)c3)nc2s1. The summed E-state index contributed by atoms with van der Waals surface area (Å²) in [7, 11) is 1.54. The molecule has 5 rings (SSSR count). The van der Waals surface area contributed by atoms with Crippen LogP contribution in [0.3, 0.4) is 0 Å². The number of rotatable bonds is 6. The van der Waals surface area contributed by atoms with Gasteiger partial charge in [-0.25, -0.2) is 9.97 Å². The number of hydrogen-bond donors (Lipinski definition) is 1. The fraction of sp³-hybridized carbons (Fsp3) is 0.133. The van der Waals surface area contributed by atoms with E-state index in [-0.39, 0.29) is 5.91 Å². The van der Waals surface area contributed by atoms with Crippen LogP contribution in [0, 0.1) is 36.5 Å². The summed E-state index contributed by atoms with van der Waals surface area (Å²) in [5.74, 6) is 0.158. The smallest absolute Gasteiger partial charge is 0.259 e. The molecule has 39 heavy (non-hydrogen) atoms. The third-order valence-corrected chi connectivity index (χ3v) is 7.17. The van der Waals surface area contributed by atoms with Gasteiger partial charge in [-0.1, -0.05) is 23.5 Å². The Balaban J connectivity index is 1.46. The number of carbonyl (C=O) groups is 1. The molecular weight excluding hydrogens is 508 g/mol. The van der Waals surface area contributed by atoms with Crippen molar-refractivity contribution in [2.45, 2.75) is 20.3 Å². The molecule has 1 amide bonds. The largest absolute Gasteiger partial charge is 0.496 e. The molecule has 0 radical (unpaired) electrons. The number of ether oxygens (including phenoxy) is 1. The van der Waals surface area contributed by atoms with E-state index in [4.69, 9.17) is 15.0 Å². The first-order chi connectivity index (χ1) is 18.9. The van der Waals surface area contributed by atoms with Gasteiger partial charge in [-0.3, -0.25) is 15.1 Å². The monoisotopic (exact) mass is 530 g/mol. The van der Waals surface area contributed by atoms with Gasteiger partial charge in [0.2, 0.25) is 0 Å². The van der Waals surface area contributed by atoms with Crippen LogP contribution in [0.2, 0.25) is 0 Å². The second kappa shape index (κ2) is 10.7. The van der Waals surface area contributed by atoms with Crippen molar-refractivity contribution in [2.75, 3.05) is 12.4 Å². The Hall–Kier alpha value is -5.12. The number of aryl methyl sites for hydroxylation is 2. The van der Waals surface area contributed by atoms with Crippen LogP contribution in [0.1, 0.15) is 32.7 Å². The first-order valence-corrected chi connectivity index (χ1v) is 12.8. The summed E-state index contributed by atoms with van der Waals surface area (Å²) >= 11 is 1.28. The van der Waals surface area contributed by atoms with E-state index in [1.54, 1.807) is 31.4 Å². The number of benzene rings is 2. The molecule has 9 heteroatoms. The number of fused-ring (bicyclic) bond motifs is 1. The van der Waals surface area contributed by atoms with Gasteiger partial charge < -0.3 is 4.74 Å². The molecular formula is C30H22N6O2S. The van der Waals surface area contributed by atoms with Gasteiger partial charge in [0.15, 0.2) is 5.13 Å². The summed E-state index contributed by atoms with van der Waals surface area (Å²) in [5, 5.41) is 21.7. The predicted octanol–water partition coefficient (Wildman–Crippen LogP) is 6.24.